The number of carbonyl (C=O) groups excluding carboxylic acids is 1. The van der Waals surface area contributed by atoms with Crippen molar-refractivity contribution in [2.24, 2.45) is 0 Å². The van der Waals surface area contributed by atoms with Gasteiger partial charge in [0.05, 0.1) is 6.04 Å². The van der Waals surface area contributed by atoms with E-state index in [4.69, 9.17) is 10.5 Å². The molecule has 106 valence electrons. The van der Waals surface area contributed by atoms with Crippen molar-refractivity contribution in [1.29, 1.82) is 0 Å². The summed E-state index contributed by atoms with van der Waals surface area (Å²) in [6.07, 6.45) is 5.17. The number of ether oxygens (including phenoxy) is 1. The lowest BCUT2D eigenvalue weighted by Crippen LogP contribution is -2.39. The third-order valence-corrected chi connectivity index (χ3v) is 3.56. The molecule has 0 unspecified atom stereocenters. The summed E-state index contributed by atoms with van der Waals surface area (Å²) in [5.74, 6) is 0.786. The first-order valence-corrected chi connectivity index (χ1v) is 6.78. The molecule has 1 aliphatic heterocycles. The molecule has 6 heteroatoms. The molecule has 0 bridgehead atoms. The van der Waals surface area contributed by atoms with E-state index < -0.39 is 0 Å². The maximum atomic E-state index is 11.9. The highest BCUT2D eigenvalue weighted by Gasteiger charge is 2.23. The van der Waals surface area contributed by atoms with Crippen LogP contribution >= 0.6 is 0 Å². The van der Waals surface area contributed by atoms with Gasteiger partial charge in [-0.2, -0.15) is 5.10 Å². The molecular formula is C13H22N4O2. The number of carbonyl (C=O) groups is 1. The smallest absolute Gasteiger partial charge is 0.222 e. The highest BCUT2D eigenvalue weighted by Crippen LogP contribution is 2.22. The third-order valence-electron chi connectivity index (χ3n) is 3.56. The number of aromatic nitrogens is 2. The van der Waals surface area contributed by atoms with Crippen LogP contribution in [0.5, 0.6) is 0 Å². The van der Waals surface area contributed by atoms with Gasteiger partial charge in [-0.05, 0) is 25.3 Å². The number of hydrogen-bond acceptors (Lipinski definition) is 4. The summed E-state index contributed by atoms with van der Waals surface area (Å²) < 4.78 is 6.88. The van der Waals surface area contributed by atoms with E-state index >= 15 is 0 Å². The fraction of sp³-hybridized carbons (Fsp3) is 0.692. The van der Waals surface area contributed by atoms with Crippen molar-refractivity contribution in [2.45, 2.75) is 31.7 Å². The number of methoxy groups -OCH3 is 1. The molecule has 2 N–H and O–H groups in total. The van der Waals surface area contributed by atoms with Gasteiger partial charge in [-0.15, -0.1) is 0 Å². The highest BCUT2D eigenvalue weighted by molar-refractivity contribution is 5.76. The Kier molecular flexibility index (Phi) is 4.79. The van der Waals surface area contributed by atoms with Gasteiger partial charge < -0.3 is 15.4 Å². The fourth-order valence-electron chi connectivity index (χ4n) is 2.46. The topological polar surface area (TPSA) is 73.4 Å². The maximum Gasteiger partial charge on any atom is 0.222 e. The van der Waals surface area contributed by atoms with Gasteiger partial charge in [0, 0.05) is 39.4 Å². The normalized spacial score (nSPS) is 16.8. The number of piperidine rings is 1. The van der Waals surface area contributed by atoms with Gasteiger partial charge in [0.15, 0.2) is 0 Å². The zero-order chi connectivity index (χ0) is 13.7. The Balaban J connectivity index is 1.77. The molecule has 2 heterocycles. The molecule has 0 spiro atoms. The summed E-state index contributed by atoms with van der Waals surface area (Å²) in [4.78, 5) is 13.9. The van der Waals surface area contributed by atoms with Gasteiger partial charge in [-0.25, -0.2) is 0 Å². The Morgan fingerprint density at radius 2 is 2.26 bits per heavy atom. The average molecular weight is 266 g/mol. The number of nitrogen functional groups attached to an aromatic ring is 1. The largest absolute Gasteiger partial charge is 0.385 e. The second-order valence-electron chi connectivity index (χ2n) is 4.93. The molecule has 0 aliphatic carbocycles. The van der Waals surface area contributed by atoms with Crippen LogP contribution in [0.1, 0.15) is 31.7 Å². The molecule has 19 heavy (non-hydrogen) atoms. The van der Waals surface area contributed by atoms with Crippen LogP contribution in [0, 0.1) is 0 Å². The first-order valence-electron chi connectivity index (χ1n) is 6.78. The zero-order valence-corrected chi connectivity index (χ0v) is 11.4. The van der Waals surface area contributed by atoms with E-state index in [0.717, 1.165) is 32.4 Å². The van der Waals surface area contributed by atoms with Crippen molar-refractivity contribution in [2.75, 3.05) is 32.5 Å². The lowest BCUT2D eigenvalue weighted by atomic mass is 10.0. The van der Waals surface area contributed by atoms with Crippen LogP contribution in [0.2, 0.25) is 0 Å². The van der Waals surface area contributed by atoms with Crippen LogP contribution < -0.4 is 5.73 Å². The van der Waals surface area contributed by atoms with E-state index in [0.29, 0.717) is 24.9 Å². The van der Waals surface area contributed by atoms with Crippen molar-refractivity contribution < 1.29 is 9.53 Å². The lowest BCUT2D eigenvalue weighted by molar-refractivity contribution is -0.132. The van der Waals surface area contributed by atoms with Crippen LogP contribution in [0.4, 0.5) is 5.82 Å². The molecule has 1 aromatic rings. The first-order chi connectivity index (χ1) is 9.20. The second-order valence-corrected chi connectivity index (χ2v) is 4.93. The quantitative estimate of drug-likeness (QED) is 0.809. The SMILES string of the molecule is COCCCC(=O)N1CCC(n2ccc(N)n2)CC1. The Hall–Kier alpha value is -1.56. The molecule has 0 atom stereocenters. The lowest BCUT2D eigenvalue weighted by Gasteiger charge is -2.32. The Morgan fingerprint density at radius 3 is 2.84 bits per heavy atom. The van der Waals surface area contributed by atoms with Crippen molar-refractivity contribution in [3.8, 4) is 0 Å². The van der Waals surface area contributed by atoms with Crippen molar-refractivity contribution in [1.82, 2.24) is 14.7 Å². The molecule has 0 saturated carbocycles. The monoisotopic (exact) mass is 266 g/mol. The Bertz CT molecular complexity index is 411. The van der Waals surface area contributed by atoms with Gasteiger partial charge in [-0.3, -0.25) is 9.48 Å². The second kappa shape index (κ2) is 6.56. The highest BCUT2D eigenvalue weighted by atomic mass is 16.5. The van der Waals surface area contributed by atoms with Crippen LogP contribution in [0.15, 0.2) is 12.3 Å². The third kappa shape index (κ3) is 3.70. The molecule has 1 fully saturated rings. The standard InChI is InChI=1S/C13H22N4O2/c1-19-10-2-3-13(18)16-7-4-11(5-8-16)17-9-6-12(14)15-17/h6,9,11H,2-5,7-8,10H2,1H3,(H2,14,15). The van der Waals surface area contributed by atoms with E-state index in [-0.39, 0.29) is 5.91 Å². The number of rotatable bonds is 5. The zero-order valence-electron chi connectivity index (χ0n) is 11.4. The summed E-state index contributed by atoms with van der Waals surface area (Å²) in [5, 5.41) is 4.24. The number of nitrogens with two attached hydrogens (primary N) is 1. The van der Waals surface area contributed by atoms with Crippen LogP contribution in [-0.4, -0.2) is 47.4 Å². The van der Waals surface area contributed by atoms with E-state index in [1.165, 1.54) is 0 Å². The summed E-state index contributed by atoms with van der Waals surface area (Å²) in [6, 6.07) is 2.17. The fourth-order valence-corrected chi connectivity index (χ4v) is 2.46. The van der Waals surface area contributed by atoms with Crippen molar-refractivity contribution in [3.63, 3.8) is 0 Å². The minimum absolute atomic E-state index is 0.232. The molecule has 1 amide bonds. The molecule has 2 rings (SSSR count). The predicted molar refractivity (Wildman–Crippen MR) is 72.6 cm³/mol. The Labute approximate surface area is 113 Å². The molecular weight excluding hydrogens is 244 g/mol. The van der Waals surface area contributed by atoms with Crippen LogP contribution in [0.3, 0.4) is 0 Å². The van der Waals surface area contributed by atoms with Gasteiger partial charge in [0.1, 0.15) is 5.82 Å². The van der Waals surface area contributed by atoms with E-state index in [1.807, 2.05) is 21.8 Å². The number of likely N-dealkylation sites (tertiary alicyclic amines) is 1. The molecule has 1 aliphatic rings. The summed E-state index contributed by atoms with van der Waals surface area (Å²) in [7, 11) is 1.66. The molecule has 0 radical (unpaired) electrons. The minimum atomic E-state index is 0.232. The first kappa shape index (κ1) is 13.9. The molecule has 6 nitrogen and oxygen atoms in total. The number of anilines is 1. The number of hydrogen-bond donors (Lipinski definition) is 1. The molecule has 1 aromatic heterocycles. The van der Waals surface area contributed by atoms with Gasteiger partial charge in [0.2, 0.25) is 5.91 Å². The van der Waals surface area contributed by atoms with Crippen molar-refractivity contribution >= 4 is 11.7 Å². The molecule has 1 saturated heterocycles. The molecule has 0 aromatic carbocycles. The van der Waals surface area contributed by atoms with Crippen LogP contribution in [0.25, 0.3) is 0 Å². The maximum absolute atomic E-state index is 11.9. The van der Waals surface area contributed by atoms with Crippen molar-refractivity contribution in [3.05, 3.63) is 12.3 Å². The van der Waals surface area contributed by atoms with Crippen LogP contribution in [-0.2, 0) is 9.53 Å². The minimum Gasteiger partial charge on any atom is -0.385 e. The predicted octanol–water partition coefficient (Wildman–Crippen LogP) is 1.06. The Morgan fingerprint density at radius 1 is 1.53 bits per heavy atom. The van der Waals surface area contributed by atoms with E-state index in [2.05, 4.69) is 5.10 Å². The number of nitrogens with zero attached hydrogens (tertiary/aromatic N) is 3. The van der Waals surface area contributed by atoms with Gasteiger partial charge in [0.25, 0.3) is 0 Å². The summed E-state index contributed by atoms with van der Waals surface area (Å²) >= 11 is 0. The van der Waals surface area contributed by atoms with Gasteiger partial charge >= 0.3 is 0 Å². The van der Waals surface area contributed by atoms with E-state index in [1.54, 1.807) is 7.11 Å². The summed E-state index contributed by atoms with van der Waals surface area (Å²) in [5.41, 5.74) is 5.62. The van der Waals surface area contributed by atoms with Gasteiger partial charge in [-0.1, -0.05) is 0 Å². The average Bonchev–Trinajstić information content (AvgIpc) is 2.86. The summed E-state index contributed by atoms with van der Waals surface area (Å²) in [6.45, 7) is 2.25. The van der Waals surface area contributed by atoms with E-state index in [9.17, 15) is 4.79 Å². The number of amides is 1.